The first kappa shape index (κ1) is 35.3. The molecule has 0 aromatic carbocycles. The topological polar surface area (TPSA) is 120 Å². The van der Waals surface area contributed by atoms with Crippen LogP contribution in [0.15, 0.2) is 0 Å². The number of methoxy groups -OCH3 is 1. The molecule has 2 aliphatic carbocycles. The van der Waals surface area contributed by atoms with E-state index >= 15 is 0 Å². The number of aliphatic hydroxyl groups excluding tert-OH is 1. The Hall–Kier alpha value is -1.22. The number of nitrogens with one attached hydrogen (secondary N) is 1. The number of aliphatic hydroxyl groups is 1. The molecule has 8 heteroatoms. The zero-order valence-electron chi connectivity index (χ0n) is 26.9. The minimum atomic E-state index is -0.461. The van der Waals surface area contributed by atoms with E-state index in [1.54, 1.807) is 7.11 Å². The van der Waals surface area contributed by atoms with Gasteiger partial charge in [0.05, 0.1) is 18.4 Å². The van der Waals surface area contributed by atoms with E-state index in [2.05, 4.69) is 5.32 Å². The van der Waals surface area contributed by atoms with Crippen LogP contribution < -0.4 is 11.1 Å². The van der Waals surface area contributed by atoms with Gasteiger partial charge in [-0.25, -0.2) is 0 Å². The summed E-state index contributed by atoms with van der Waals surface area (Å²) in [7, 11) is 1.69. The Morgan fingerprint density at radius 1 is 0.833 bits per heavy atom. The summed E-state index contributed by atoms with van der Waals surface area (Å²) in [6, 6.07) is 0. The van der Waals surface area contributed by atoms with E-state index in [-0.39, 0.29) is 42.3 Å². The third-order valence-corrected chi connectivity index (χ3v) is 10.3. The summed E-state index contributed by atoms with van der Waals surface area (Å²) in [4.78, 5) is 23.9. The molecule has 1 aliphatic heterocycles. The average Bonchev–Trinajstić information content (AvgIpc) is 2.95. The first-order valence-corrected chi connectivity index (χ1v) is 17.3. The summed E-state index contributed by atoms with van der Waals surface area (Å²) in [5.41, 5.74) is 6.14. The standard InChI is InChI=1S/C34H62N2O6/c1-24(37)41-30(14-10-5-4-7-11-26-12-8-6-9-13-26)23-31(42-25(2)38)16-15-27-19-29(34(39)32(21-27)40-3)20-28-17-18-36-33(35)22-28/h26-34,36,39H,4-23,35H2,1-3H3. The lowest BCUT2D eigenvalue weighted by atomic mass is 9.71. The second-order valence-electron chi connectivity index (χ2n) is 13.8. The molecule has 4 N–H and O–H groups in total. The highest BCUT2D eigenvalue weighted by Gasteiger charge is 2.38. The van der Waals surface area contributed by atoms with Gasteiger partial charge in [-0.3, -0.25) is 9.59 Å². The third kappa shape index (κ3) is 13.2. The summed E-state index contributed by atoms with van der Waals surface area (Å²) >= 11 is 0. The van der Waals surface area contributed by atoms with Crippen molar-refractivity contribution in [2.24, 2.45) is 29.4 Å². The van der Waals surface area contributed by atoms with Crippen LogP contribution in [0.1, 0.15) is 136 Å². The minimum Gasteiger partial charge on any atom is -0.462 e. The van der Waals surface area contributed by atoms with Crippen molar-refractivity contribution in [3.63, 3.8) is 0 Å². The zero-order valence-corrected chi connectivity index (χ0v) is 26.9. The molecule has 0 bridgehead atoms. The summed E-state index contributed by atoms with van der Waals surface area (Å²) in [6.07, 6.45) is 19.7. The second-order valence-corrected chi connectivity index (χ2v) is 13.8. The van der Waals surface area contributed by atoms with Gasteiger partial charge in [0.1, 0.15) is 12.2 Å². The van der Waals surface area contributed by atoms with Gasteiger partial charge in [0.2, 0.25) is 0 Å². The summed E-state index contributed by atoms with van der Waals surface area (Å²) < 4.78 is 17.2. The van der Waals surface area contributed by atoms with Gasteiger partial charge in [-0.2, -0.15) is 0 Å². The molecule has 0 amide bonds. The SMILES string of the molecule is COC1CC(CCC(CC(CCCCCCC2CCCCC2)OC(C)=O)OC(C)=O)CC(CC2CCNC(N)C2)C1O. The van der Waals surface area contributed by atoms with Crippen LogP contribution in [-0.4, -0.2) is 61.3 Å². The monoisotopic (exact) mass is 594 g/mol. The van der Waals surface area contributed by atoms with Gasteiger partial charge >= 0.3 is 11.9 Å². The Morgan fingerprint density at radius 3 is 2.19 bits per heavy atom. The van der Waals surface area contributed by atoms with Crippen LogP contribution in [0.5, 0.6) is 0 Å². The Labute approximate surface area is 255 Å². The molecule has 42 heavy (non-hydrogen) atoms. The number of unbranched alkanes of at least 4 members (excludes halogenated alkanes) is 3. The maximum Gasteiger partial charge on any atom is 0.302 e. The largest absolute Gasteiger partial charge is 0.462 e. The predicted molar refractivity (Wildman–Crippen MR) is 166 cm³/mol. The normalized spacial score (nSPS) is 30.4. The highest BCUT2D eigenvalue weighted by Crippen LogP contribution is 2.39. The molecule has 1 heterocycles. The van der Waals surface area contributed by atoms with E-state index in [0.29, 0.717) is 18.3 Å². The zero-order chi connectivity index (χ0) is 30.3. The lowest BCUT2D eigenvalue weighted by Crippen LogP contribution is -2.47. The lowest BCUT2D eigenvalue weighted by Gasteiger charge is -2.41. The molecular formula is C34H62N2O6. The van der Waals surface area contributed by atoms with Gasteiger partial charge < -0.3 is 30.4 Å². The first-order valence-electron chi connectivity index (χ1n) is 17.3. The summed E-state index contributed by atoms with van der Waals surface area (Å²) in [5, 5.41) is 14.4. The van der Waals surface area contributed by atoms with Crippen LogP contribution in [-0.2, 0) is 23.8 Å². The number of carbonyl (C=O) groups excluding carboxylic acids is 2. The van der Waals surface area contributed by atoms with Gasteiger partial charge in [0, 0.05) is 27.4 Å². The molecule has 8 nitrogen and oxygen atoms in total. The lowest BCUT2D eigenvalue weighted by molar-refractivity contribution is -0.153. The summed E-state index contributed by atoms with van der Waals surface area (Å²) in [6.45, 7) is 3.85. The molecule has 2 saturated carbocycles. The van der Waals surface area contributed by atoms with Crippen molar-refractivity contribution in [2.75, 3.05) is 13.7 Å². The molecule has 1 saturated heterocycles. The number of ether oxygens (including phenoxy) is 3. The van der Waals surface area contributed by atoms with E-state index in [0.717, 1.165) is 76.7 Å². The highest BCUT2D eigenvalue weighted by molar-refractivity contribution is 5.66. The molecule has 0 aromatic heterocycles. The van der Waals surface area contributed by atoms with Gasteiger partial charge in [0.15, 0.2) is 0 Å². The molecule has 244 valence electrons. The van der Waals surface area contributed by atoms with E-state index in [1.807, 2.05) is 0 Å². The number of piperidine rings is 1. The number of carbonyl (C=O) groups is 2. The van der Waals surface area contributed by atoms with Gasteiger partial charge in [-0.15, -0.1) is 0 Å². The molecule has 8 atom stereocenters. The first-order chi connectivity index (χ1) is 20.2. The van der Waals surface area contributed by atoms with Crippen LogP contribution in [0.3, 0.4) is 0 Å². The molecule has 3 fully saturated rings. The molecule has 3 rings (SSSR count). The second kappa shape index (κ2) is 19.2. The van der Waals surface area contributed by atoms with Crippen molar-refractivity contribution in [2.45, 2.75) is 166 Å². The Kier molecular flexibility index (Phi) is 16.1. The van der Waals surface area contributed by atoms with Gasteiger partial charge in [-0.1, -0.05) is 57.8 Å². The van der Waals surface area contributed by atoms with E-state index in [1.165, 1.54) is 65.2 Å². The highest BCUT2D eigenvalue weighted by atomic mass is 16.6. The number of esters is 2. The van der Waals surface area contributed by atoms with Gasteiger partial charge in [-0.05, 0) is 88.0 Å². The maximum absolute atomic E-state index is 12.0. The molecule has 0 spiro atoms. The van der Waals surface area contributed by atoms with Crippen molar-refractivity contribution in [1.29, 1.82) is 0 Å². The quantitative estimate of drug-likeness (QED) is 0.138. The van der Waals surface area contributed by atoms with E-state index in [9.17, 15) is 14.7 Å². The van der Waals surface area contributed by atoms with Crippen molar-refractivity contribution in [3.8, 4) is 0 Å². The van der Waals surface area contributed by atoms with Crippen LogP contribution >= 0.6 is 0 Å². The summed E-state index contributed by atoms with van der Waals surface area (Å²) in [5.74, 6) is 1.45. The van der Waals surface area contributed by atoms with Crippen LogP contribution in [0, 0.1) is 23.7 Å². The van der Waals surface area contributed by atoms with Crippen LogP contribution in [0.25, 0.3) is 0 Å². The van der Waals surface area contributed by atoms with Gasteiger partial charge in [0.25, 0.3) is 0 Å². The Balaban J connectivity index is 1.48. The fraction of sp³-hybridized carbons (Fsp3) is 0.941. The maximum atomic E-state index is 12.0. The van der Waals surface area contributed by atoms with Crippen LogP contribution in [0.2, 0.25) is 0 Å². The van der Waals surface area contributed by atoms with E-state index < -0.39 is 6.10 Å². The number of nitrogens with two attached hydrogens (primary N) is 1. The minimum absolute atomic E-state index is 0.0368. The molecule has 3 aliphatic rings. The molecule has 0 aromatic rings. The smallest absolute Gasteiger partial charge is 0.302 e. The molecule has 8 unspecified atom stereocenters. The third-order valence-electron chi connectivity index (χ3n) is 10.3. The number of rotatable bonds is 17. The van der Waals surface area contributed by atoms with Crippen LogP contribution in [0.4, 0.5) is 0 Å². The predicted octanol–water partition coefficient (Wildman–Crippen LogP) is 6.02. The van der Waals surface area contributed by atoms with Crippen molar-refractivity contribution >= 4 is 11.9 Å². The number of hydrogen-bond acceptors (Lipinski definition) is 8. The average molecular weight is 595 g/mol. The van der Waals surface area contributed by atoms with Crippen molar-refractivity contribution in [1.82, 2.24) is 5.32 Å². The Bertz CT molecular complexity index is 775. The van der Waals surface area contributed by atoms with E-state index in [4.69, 9.17) is 19.9 Å². The molecule has 0 radical (unpaired) electrons. The fourth-order valence-electron chi connectivity index (χ4n) is 8.09. The molecular weight excluding hydrogens is 532 g/mol. The Morgan fingerprint density at radius 2 is 1.52 bits per heavy atom. The fourth-order valence-corrected chi connectivity index (χ4v) is 8.09. The number of hydrogen-bond donors (Lipinski definition) is 3. The van der Waals surface area contributed by atoms with Crippen molar-refractivity contribution < 1.29 is 28.9 Å². The van der Waals surface area contributed by atoms with Crippen molar-refractivity contribution in [3.05, 3.63) is 0 Å².